The molecule has 0 saturated carbocycles. The summed E-state index contributed by atoms with van der Waals surface area (Å²) in [5, 5.41) is 9.91. The summed E-state index contributed by atoms with van der Waals surface area (Å²) in [6.07, 6.45) is 0. The molecular formula is C17H11ClN4O2S2. The lowest BCUT2D eigenvalue weighted by Gasteiger charge is -1.98. The van der Waals surface area contributed by atoms with E-state index in [1.54, 1.807) is 24.3 Å². The number of benzene rings is 2. The zero-order valence-corrected chi connectivity index (χ0v) is 15.6. The van der Waals surface area contributed by atoms with Gasteiger partial charge < -0.3 is 9.40 Å². The number of thioether (sulfide) groups is 1. The second-order valence-electron chi connectivity index (χ2n) is 5.21. The maximum atomic E-state index is 12.2. The highest BCUT2D eigenvalue weighted by Crippen LogP contribution is 2.28. The molecule has 2 aromatic carbocycles. The highest BCUT2D eigenvalue weighted by Gasteiger charge is 2.13. The van der Waals surface area contributed by atoms with Crippen LogP contribution < -0.4 is 0 Å². The van der Waals surface area contributed by atoms with Gasteiger partial charge in [-0.05, 0) is 36.4 Å². The van der Waals surface area contributed by atoms with E-state index in [1.807, 2.05) is 24.3 Å². The minimum atomic E-state index is -0.0312. The average Bonchev–Trinajstić information content (AvgIpc) is 3.26. The van der Waals surface area contributed by atoms with Crippen LogP contribution in [0.1, 0.15) is 10.4 Å². The molecule has 1 N–H and O–H groups in total. The third kappa shape index (κ3) is 3.92. The van der Waals surface area contributed by atoms with E-state index in [0.29, 0.717) is 26.2 Å². The smallest absolute Gasteiger partial charge is 0.285 e. The van der Waals surface area contributed by atoms with E-state index in [-0.39, 0.29) is 11.5 Å². The highest BCUT2D eigenvalue weighted by atomic mass is 35.5. The average molecular weight is 403 g/mol. The highest BCUT2D eigenvalue weighted by molar-refractivity contribution is 8.00. The van der Waals surface area contributed by atoms with Gasteiger partial charge in [0.2, 0.25) is 0 Å². The molecule has 0 spiro atoms. The lowest BCUT2D eigenvalue weighted by molar-refractivity contribution is 0.102. The van der Waals surface area contributed by atoms with E-state index >= 15 is 0 Å². The Hall–Kier alpha value is -2.29. The number of hydrogen-bond donors (Lipinski definition) is 1. The maximum absolute atomic E-state index is 12.2. The van der Waals surface area contributed by atoms with Crippen molar-refractivity contribution in [2.75, 3.05) is 5.75 Å². The normalized spacial score (nSPS) is 11.1. The molecule has 2 aromatic heterocycles. The lowest BCUT2D eigenvalue weighted by Crippen LogP contribution is -2.01. The Morgan fingerprint density at radius 2 is 1.85 bits per heavy atom. The number of hydrogen-bond acceptors (Lipinski definition) is 7. The number of fused-ring (bicyclic) bond motifs is 1. The monoisotopic (exact) mass is 402 g/mol. The predicted octanol–water partition coefficient (Wildman–Crippen LogP) is 4.73. The van der Waals surface area contributed by atoms with Gasteiger partial charge in [-0.1, -0.05) is 40.6 Å². The molecule has 0 atom stereocenters. The van der Waals surface area contributed by atoms with Crippen LogP contribution in [0, 0.1) is 0 Å². The van der Waals surface area contributed by atoms with Crippen LogP contribution in [-0.4, -0.2) is 31.7 Å². The van der Waals surface area contributed by atoms with Gasteiger partial charge in [-0.15, -0.1) is 5.10 Å². The van der Waals surface area contributed by atoms with Crippen LogP contribution in [0.2, 0.25) is 5.02 Å². The Morgan fingerprint density at radius 3 is 2.65 bits per heavy atom. The number of carbonyl (C=O) groups excluding carboxylic acids is 1. The summed E-state index contributed by atoms with van der Waals surface area (Å²) in [4.78, 5) is 19.8. The number of ketones is 1. The molecule has 0 fully saturated rings. The van der Waals surface area contributed by atoms with Gasteiger partial charge in [-0.3, -0.25) is 4.79 Å². The summed E-state index contributed by atoms with van der Waals surface area (Å²) in [6, 6.07) is 14.5. The van der Waals surface area contributed by atoms with Gasteiger partial charge >= 0.3 is 0 Å². The SMILES string of the molecule is O=C(CSc1nnc(Sc2nc3ccccc3[nH]2)o1)c1ccc(Cl)cc1. The van der Waals surface area contributed by atoms with Crippen molar-refractivity contribution in [3.8, 4) is 0 Å². The number of aromatic nitrogens is 4. The minimum absolute atomic E-state index is 0.0312. The van der Waals surface area contributed by atoms with E-state index < -0.39 is 0 Å². The van der Waals surface area contributed by atoms with Crippen molar-refractivity contribution in [3.63, 3.8) is 0 Å². The number of H-pyrrole nitrogens is 1. The van der Waals surface area contributed by atoms with E-state index in [4.69, 9.17) is 16.0 Å². The summed E-state index contributed by atoms with van der Waals surface area (Å²) in [5.74, 6) is 0.176. The number of aromatic amines is 1. The molecule has 0 radical (unpaired) electrons. The van der Waals surface area contributed by atoms with Gasteiger partial charge in [0.25, 0.3) is 10.4 Å². The first-order chi connectivity index (χ1) is 12.7. The summed E-state index contributed by atoms with van der Waals surface area (Å²) in [7, 11) is 0. The van der Waals surface area contributed by atoms with Gasteiger partial charge in [-0.25, -0.2) is 4.98 Å². The fourth-order valence-electron chi connectivity index (χ4n) is 2.20. The maximum Gasteiger partial charge on any atom is 0.285 e. The number of carbonyl (C=O) groups is 1. The third-order valence-corrected chi connectivity index (χ3v) is 5.23. The summed E-state index contributed by atoms with van der Waals surface area (Å²) in [6.45, 7) is 0. The van der Waals surface area contributed by atoms with E-state index in [1.165, 1.54) is 23.5 Å². The first-order valence-corrected chi connectivity index (χ1v) is 9.73. The molecule has 4 aromatic rings. The Balaban J connectivity index is 1.38. The number of imidazole rings is 1. The van der Waals surface area contributed by atoms with Gasteiger partial charge in [-0.2, -0.15) is 0 Å². The summed E-state index contributed by atoms with van der Waals surface area (Å²) < 4.78 is 5.56. The van der Waals surface area contributed by atoms with Gasteiger partial charge in [0.15, 0.2) is 10.9 Å². The molecule has 4 rings (SSSR count). The van der Waals surface area contributed by atoms with Crippen LogP contribution in [0.25, 0.3) is 11.0 Å². The number of nitrogens with zero attached hydrogens (tertiary/aromatic N) is 3. The molecule has 9 heteroatoms. The molecule has 0 bridgehead atoms. The molecule has 26 heavy (non-hydrogen) atoms. The van der Waals surface area contributed by atoms with Crippen molar-refractivity contribution in [2.24, 2.45) is 0 Å². The van der Waals surface area contributed by atoms with Crippen LogP contribution in [0.5, 0.6) is 0 Å². The minimum Gasteiger partial charge on any atom is -0.406 e. The van der Waals surface area contributed by atoms with Crippen LogP contribution in [0.3, 0.4) is 0 Å². The molecule has 6 nitrogen and oxygen atoms in total. The topological polar surface area (TPSA) is 84.7 Å². The van der Waals surface area contributed by atoms with Gasteiger partial charge in [0.05, 0.1) is 16.8 Å². The van der Waals surface area contributed by atoms with Crippen LogP contribution in [0.4, 0.5) is 0 Å². The van der Waals surface area contributed by atoms with Crippen molar-refractivity contribution < 1.29 is 9.21 Å². The van der Waals surface area contributed by atoms with E-state index in [0.717, 1.165) is 11.0 Å². The fourth-order valence-corrected chi connectivity index (χ4v) is 3.71. The lowest BCUT2D eigenvalue weighted by atomic mass is 10.1. The summed E-state index contributed by atoms with van der Waals surface area (Å²) in [5.41, 5.74) is 2.41. The van der Waals surface area contributed by atoms with Crippen molar-refractivity contribution in [2.45, 2.75) is 15.6 Å². The van der Waals surface area contributed by atoms with Crippen molar-refractivity contribution in [1.82, 2.24) is 20.2 Å². The molecule has 0 unspecified atom stereocenters. The van der Waals surface area contributed by atoms with Gasteiger partial charge in [0.1, 0.15) is 0 Å². The Kier molecular flexibility index (Phi) is 4.96. The third-order valence-electron chi connectivity index (χ3n) is 3.43. The molecular weight excluding hydrogens is 392 g/mol. The number of halogens is 1. The molecule has 0 aliphatic rings. The van der Waals surface area contributed by atoms with Crippen molar-refractivity contribution in [3.05, 3.63) is 59.1 Å². The predicted molar refractivity (Wildman–Crippen MR) is 101 cm³/mol. The molecule has 0 aliphatic carbocycles. The number of Topliss-reactive ketones (excluding diaryl/α,β-unsaturated/α-hetero) is 1. The van der Waals surface area contributed by atoms with Crippen molar-refractivity contribution in [1.29, 1.82) is 0 Å². The summed E-state index contributed by atoms with van der Waals surface area (Å²) >= 11 is 8.27. The molecule has 0 saturated heterocycles. The Labute approximate surface area is 161 Å². The van der Waals surface area contributed by atoms with E-state index in [2.05, 4.69) is 20.2 Å². The quantitative estimate of drug-likeness (QED) is 0.368. The number of nitrogens with one attached hydrogen (secondary N) is 1. The van der Waals surface area contributed by atoms with Crippen molar-refractivity contribution >= 4 is 51.9 Å². The van der Waals surface area contributed by atoms with Crippen LogP contribution in [-0.2, 0) is 0 Å². The zero-order valence-electron chi connectivity index (χ0n) is 13.2. The second-order valence-corrected chi connectivity index (χ2v) is 7.52. The molecule has 0 aliphatic heterocycles. The Morgan fingerprint density at radius 1 is 1.08 bits per heavy atom. The van der Waals surface area contributed by atoms with Crippen LogP contribution in [0.15, 0.2) is 68.6 Å². The first kappa shape index (κ1) is 17.1. The fraction of sp³-hybridized carbons (Fsp3) is 0.0588. The molecule has 0 amide bonds. The Bertz CT molecular complexity index is 1030. The number of rotatable bonds is 6. The molecule has 130 valence electrons. The van der Waals surface area contributed by atoms with E-state index in [9.17, 15) is 4.79 Å². The zero-order chi connectivity index (χ0) is 17.9. The number of para-hydroxylation sites is 2. The largest absolute Gasteiger partial charge is 0.406 e. The van der Waals surface area contributed by atoms with Crippen LogP contribution >= 0.6 is 35.1 Å². The second kappa shape index (κ2) is 7.53. The standard InChI is InChI=1S/C17H11ClN4O2S2/c18-11-7-5-10(6-8-11)14(23)9-25-16-21-22-17(24-16)26-15-19-12-3-1-2-4-13(12)20-15/h1-8H,9H2,(H,19,20). The first-order valence-electron chi connectivity index (χ1n) is 7.55. The molecule has 2 heterocycles. The van der Waals surface area contributed by atoms with Gasteiger partial charge in [0, 0.05) is 22.3 Å².